The molecule has 2 N–H and O–H groups in total. The Labute approximate surface area is 226 Å². The largest absolute Gasteiger partial charge is 0.457 e. The quantitative estimate of drug-likeness (QED) is 0.254. The van der Waals surface area contributed by atoms with Crippen LogP contribution in [-0.4, -0.2) is 14.5 Å². The van der Waals surface area contributed by atoms with Crippen LogP contribution in [0.2, 0.25) is 0 Å². The third-order valence-corrected chi connectivity index (χ3v) is 6.14. The van der Waals surface area contributed by atoms with Gasteiger partial charge in [0.15, 0.2) is 0 Å². The number of nitrogens with zero attached hydrogens (tertiary/aromatic N) is 4. The number of ether oxygens (including phenoxy) is 1. The Kier molecular flexibility index (Phi) is 6.84. The van der Waals surface area contributed by atoms with Crippen LogP contribution < -0.4 is 16.0 Å². The van der Waals surface area contributed by atoms with Gasteiger partial charge in [-0.25, -0.2) is 18.2 Å². The maximum Gasteiger partial charge on any atom is 0.420 e. The summed E-state index contributed by atoms with van der Waals surface area (Å²) in [6.45, 7) is -0.456. The fourth-order valence-corrected chi connectivity index (χ4v) is 4.26. The number of nitriles is 1. The number of nitrogens with two attached hydrogens (primary N) is 1. The number of halogens is 6. The number of benzene rings is 3. The highest BCUT2D eigenvalue weighted by Gasteiger charge is 2.38. The molecular weight excluding hydrogens is 552 g/mol. The van der Waals surface area contributed by atoms with Gasteiger partial charge in [0, 0.05) is 29.5 Å². The summed E-state index contributed by atoms with van der Waals surface area (Å²) in [4.78, 5) is 20.0. The molecular formula is C28H15F6N5O2. The van der Waals surface area contributed by atoms with Crippen molar-refractivity contribution in [3.8, 4) is 28.7 Å². The van der Waals surface area contributed by atoms with Crippen molar-refractivity contribution in [2.24, 2.45) is 0 Å². The predicted octanol–water partition coefficient (Wildman–Crippen LogP) is 6.19. The van der Waals surface area contributed by atoms with E-state index in [9.17, 15) is 36.4 Å². The minimum atomic E-state index is -4.91. The molecule has 0 fully saturated rings. The van der Waals surface area contributed by atoms with Crippen LogP contribution in [0, 0.1) is 28.8 Å². The molecule has 0 atom stereocenters. The highest BCUT2D eigenvalue weighted by molar-refractivity contribution is 5.80. The Balaban J connectivity index is 1.57. The topological polar surface area (TPSA) is 107 Å². The summed E-state index contributed by atoms with van der Waals surface area (Å²) >= 11 is 0. The van der Waals surface area contributed by atoms with Gasteiger partial charge in [0.05, 0.1) is 29.3 Å². The molecule has 0 saturated carbocycles. The van der Waals surface area contributed by atoms with Crippen LogP contribution in [0.15, 0.2) is 71.9 Å². The second-order valence-corrected chi connectivity index (χ2v) is 8.75. The highest BCUT2D eigenvalue weighted by atomic mass is 19.4. The average molecular weight is 567 g/mol. The van der Waals surface area contributed by atoms with Gasteiger partial charge < -0.3 is 15.0 Å². The first-order valence-corrected chi connectivity index (χ1v) is 11.6. The molecule has 3 aromatic carbocycles. The van der Waals surface area contributed by atoms with Crippen LogP contribution in [0.4, 0.5) is 32.2 Å². The van der Waals surface area contributed by atoms with Gasteiger partial charge in [-0.1, -0.05) is 12.1 Å². The molecule has 5 rings (SSSR count). The van der Waals surface area contributed by atoms with Crippen LogP contribution in [0.25, 0.3) is 22.0 Å². The fourth-order valence-electron chi connectivity index (χ4n) is 4.26. The van der Waals surface area contributed by atoms with E-state index in [1.54, 1.807) is 6.07 Å². The number of rotatable bonds is 5. The van der Waals surface area contributed by atoms with E-state index >= 15 is 0 Å². The number of hydrogen-bond acceptors (Lipinski definition) is 6. The Hall–Kier alpha value is -5.38. The van der Waals surface area contributed by atoms with E-state index in [-0.39, 0.29) is 39.2 Å². The summed E-state index contributed by atoms with van der Waals surface area (Å²) < 4.78 is 91.4. The number of hydrogen-bond donors (Lipinski definition) is 1. The van der Waals surface area contributed by atoms with Crippen molar-refractivity contribution in [1.82, 2.24) is 14.5 Å². The van der Waals surface area contributed by atoms with Crippen molar-refractivity contribution in [3.63, 3.8) is 0 Å². The van der Waals surface area contributed by atoms with E-state index in [0.29, 0.717) is 12.1 Å². The molecule has 2 heterocycles. The Morgan fingerprint density at radius 1 is 1.00 bits per heavy atom. The van der Waals surface area contributed by atoms with Crippen molar-refractivity contribution in [2.75, 3.05) is 5.73 Å². The SMILES string of the molecule is N#Cc1cc(-c2cccc(Oc3ccc4c(c3)c(=O)ncn4Cc3c(F)cc(F)cc3F)c2C(F)(F)F)cnc1N. The summed E-state index contributed by atoms with van der Waals surface area (Å²) in [5, 5.41) is 9.10. The van der Waals surface area contributed by atoms with Crippen LogP contribution >= 0.6 is 0 Å². The Bertz CT molecular complexity index is 1910. The van der Waals surface area contributed by atoms with Crippen molar-refractivity contribution < 1.29 is 31.1 Å². The van der Waals surface area contributed by atoms with Gasteiger partial charge in [-0.05, 0) is 35.9 Å². The molecule has 0 aliphatic carbocycles. The van der Waals surface area contributed by atoms with Gasteiger partial charge in [-0.15, -0.1) is 0 Å². The zero-order valence-corrected chi connectivity index (χ0v) is 20.5. The van der Waals surface area contributed by atoms with Crippen LogP contribution in [-0.2, 0) is 12.7 Å². The average Bonchev–Trinajstić information content (AvgIpc) is 2.91. The van der Waals surface area contributed by atoms with Gasteiger partial charge in [-0.3, -0.25) is 4.79 Å². The second-order valence-electron chi connectivity index (χ2n) is 8.75. The minimum absolute atomic E-state index is 0.0284. The summed E-state index contributed by atoms with van der Waals surface area (Å²) in [7, 11) is 0. The summed E-state index contributed by atoms with van der Waals surface area (Å²) in [5.41, 5.74) is 2.85. The van der Waals surface area contributed by atoms with Crippen molar-refractivity contribution in [1.29, 1.82) is 5.26 Å². The molecule has 0 amide bonds. The lowest BCUT2D eigenvalue weighted by Crippen LogP contribution is -2.14. The molecule has 13 heteroatoms. The maximum absolute atomic E-state index is 14.3. The molecule has 0 aliphatic rings. The lowest BCUT2D eigenvalue weighted by Gasteiger charge is -2.18. The number of fused-ring (bicyclic) bond motifs is 1. The van der Waals surface area contributed by atoms with Gasteiger partial charge >= 0.3 is 6.18 Å². The number of alkyl halides is 3. The molecule has 206 valence electrons. The molecule has 0 bridgehead atoms. The molecule has 0 radical (unpaired) electrons. The van der Waals surface area contributed by atoms with E-state index in [1.807, 2.05) is 0 Å². The molecule has 0 spiro atoms. The molecule has 0 saturated heterocycles. The lowest BCUT2D eigenvalue weighted by molar-refractivity contribution is -0.138. The van der Waals surface area contributed by atoms with E-state index in [4.69, 9.17) is 10.5 Å². The molecule has 2 aromatic heterocycles. The van der Waals surface area contributed by atoms with E-state index < -0.39 is 52.6 Å². The standard InChI is InChI=1S/C28H15F6N5O2/c29-16-7-21(30)20(22(31)8-16)12-39-13-38-27(40)19-9-17(4-5-23(19)39)41-24-3-1-2-18(25(24)28(32,33)34)15-6-14(10-35)26(36)37-11-15/h1-9,11,13H,12H2,(H2,36,37). The number of nitrogen functional groups attached to an aromatic ring is 1. The van der Waals surface area contributed by atoms with Crippen LogP contribution in [0.5, 0.6) is 11.5 Å². The number of pyridine rings is 1. The van der Waals surface area contributed by atoms with Gasteiger partial charge in [0.1, 0.15) is 46.4 Å². The molecule has 41 heavy (non-hydrogen) atoms. The monoisotopic (exact) mass is 567 g/mol. The molecule has 0 unspecified atom stereocenters. The van der Waals surface area contributed by atoms with Crippen molar-refractivity contribution >= 4 is 16.7 Å². The first-order chi connectivity index (χ1) is 19.5. The maximum atomic E-state index is 14.3. The van der Waals surface area contributed by atoms with Gasteiger partial charge in [0.2, 0.25) is 0 Å². The predicted molar refractivity (Wildman–Crippen MR) is 135 cm³/mol. The first kappa shape index (κ1) is 27.2. The lowest BCUT2D eigenvalue weighted by atomic mass is 9.98. The first-order valence-electron chi connectivity index (χ1n) is 11.6. The van der Waals surface area contributed by atoms with Crippen molar-refractivity contribution in [2.45, 2.75) is 12.7 Å². The zero-order valence-electron chi connectivity index (χ0n) is 20.5. The summed E-state index contributed by atoms with van der Waals surface area (Å²) in [5.74, 6) is -4.31. The van der Waals surface area contributed by atoms with Gasteiger partial charge in [0.25, 0.3) is 5.56 Å². The molecule has 5 aromatic rings. The Morgan fingerprint density at radius 2 is 1.73 bits per heavy atom. The second kappa shape index (κ2) is 10.3. The summed E-state index contributed by atoms with van der Waals surface area (Å²) in [6.07, 6.45) is -2.77. The van der Waals surface area contributed by atoms with Crippen LogP contribution in [0.1, 0.15) is 16.7 Å². The molecule has 0 aliphatic heterocycles. The third-order valence-electron chi connectivity index (χ3n) is 6.14. The normalized spacial score (nSPS) is 11.4. The molecule has 7 nitrogen and oxygen atoms in total. The van der Waals surface area contributed by atoms with Crippen LogP contribution in [0.3, 0.4) is 0 Å². The van der Waals surface area contributed by atoms with Gasteiger partial charge in [-0.2, -0.15) is 23.4 Å². The third kappa shape index (κ3) is 5.27. The Morgan fingerprint density at radius 3 is 2.41 bits per heavy atom. The van der Waals surface area contributed by atoms with E-state index in [2.05, 4.69) is 9.97 Å². The fraction of sp³-hybridized carbons (Fsp3) is 0.0714. The van der Waals surface area contributed by atoms with E-state index in [1.165, 1.54) is 34.9 Å². The zero-order chi connectivity index (χ0) is 29.5. The number of anilines is 1. The summed E-state index contributed by atoms with van der Waals surface area (Å²) in [6, 6.07) is 11.3. The minimum Gasteiger partial charge on any atom is -0.457 e. The van der Waals surface area contributed by atoms with Crippen molar-refractivity contribution in [3.05, 3.63) is 112 Å². The number of aromatic nitrogens is 3. The van der Waals surface area contributed by atoms with E-state index in [0.717, 1.165) is 24.7 Å². The smallest absolute Gasteiger partial charge is 0.420 e. The highest BCUT2D eigenvalue weighted by Crippen LogP contribution is 2.44.